The van der Waals surface area contributed by atoms with Crippen LogP contribution in [0.15, 0.2) is 0 Å². The van der Waals surface area contributed by atoms with Gasteiger partial charge in [0.05, 0.1) is 28.2 Å². The van der Waals surface area contributed by atoms with Crippen molar-refractivity contribution in [1.29, 1.82) is 0 Å². The molecule has 0 spiro atoms. The van der Waals surface area contributed by atoms with Gasteiger partial charge in [0.25, 0.3) is 0 Å². The van der Waals surface area contributed by atoms with E-state index in [4.69, 9.17) is 18.9 Å². The molecule has 0 heterocycles. The van der Waals surface area contributed by atoms with E-state index < -0.39 is 0 Å². The number of carbonyl (C=O) groups is 2. The van der Waals surface area contributed by atoms with Gasteiger partial charge in [-0.25, -0.2) is 0 Å². The minimum absolute atomic E-state index is 0. The van der Waals surface area contributed by atoms with E-state index in [1.54, 1.807) is 0 Å². The van der Waals surface area contributed by atoms with Crippen LogP contribution in [0.25, 0.3) is 0 Å². The molecule has 0 radical (unpaired) electrons. The first-order valence-corrected chi connectivity index (χ1v) is 16.1. The minimum Gasteiger partial charge on any atom is -1.00 e. The van der Waals surface area contributed by atoms with E-state index in [1.807, 2.05) is 27.7 Å². The summed E-state index contributed by atoms with van der Waals surface area (Å²) < 4.78 is 24.1. The Balaban J connectivity index is 0.00000840. The van der Waals surface area contributed by atoms with E-state index in [-0.39, 0.29) is 58.4 Å². The van der Waals surface area contributed by atoms with Crippen LogP contribution in [0.5, 0.6) is 0 Å². The number of quaternary nitrogens is 2. The molecule has 2 aliphatic rings. The van der Waals surface area contributed by atoms with E-state index >= 15 is 0 Å². The monoisotopic (exact) mass is 728 g/mol. The summed E-state index contributed by atoms with van der Waals surface area (Å²) in [7, 11) is 8.41. The number of hydrogen-bond acceptors (Lipinski definition) is 6. The van der Waals surface area contributed by atoms with Crippen molar-refractivity contribution < 1.29 is 71.5 Å². The number of halogens is 2. The Morgan fingerprint density at radius 2 is 0.810 bits per heavy atom. The Labute approximate surface area is 278 Å². The van der Waals surface area contributed by atoms with Gasteiger partial charge in [0.2, 0.25) is 12.6 Å². The van der Waals surface area contributed by atoms with Crippen molar-refractivity contribution in [3.63, 3.8) is 0 Å². The first-order valence-electron chi connectivity index (χ1n) is 16.1. The van der Waals surface area contributed by atoms with Gasteiger partial charge in [-0.1, -0.05) is 0 Å². The molecule has 0 bridgehead atoms. The first-order chi connectivity index (χ1) is 18.9. The summed E-state index contributed by atoms with van der Waals surface area (Å²) in [5.74, 6) is 2.55. The average molecular weight is 731 g/mol. The van der Waals surface area contributed by atoms with Crippen molar-refractivity contribution >= 4 is 11.6 Å². The Bertz CT molecular complexity index is 679. The molecular weight excluding hydrogens is 668 g/mol. The summed E-state index contributed by atoms with van der Waals surface area (Å²) in [5, 5.41) is 0. The van der Waals surface area contributed by atoms with Crippen LogP contribution in [0, 0.1) is 23.7 Å². The lowest BCUT2D eigenvalue weighted by atomic mass is 9.68. The van der Waals surface area contributed by atoms with Crippen LogP contribution in [0.2, 0.25) is 0 Å². The van der Waals surface area contributed by atoms with E-state index in [0.717, 1.165) is 51.4 Å². The molecule has 2 fully saturated rings. The van der Waals surface area contributed by atoms with Crippen LogP contribution < -0.4 is 34.0 Å². The fraction of sp³-hybridized carbons (Fsp3) is 0.938. The molecule has 0 N–H and O–H groups in total. The van der Waals surface area contributed by atoms with Crippen molar-refractivity contribution in [2.45, 2.75) is 91.6 Å². The number of likely N-dealkylation sites (N-methyl/N-ethyl adjacent to an activating group) is 2. The molecule has 0 aliphatic heterocycles. The van der Waals surface area contributed by atoms with Crippen molar-refractivity contribution in [2.24, 2.45) is 23.7 Å². The third-order valence-electron chi connectivity index (χ3n) is 8.99. The van der Waals surface area contributed by atoms with Crippen LogP contribution in [0.3, 0.4) is 0 Å². The lowest BCUT2D eigenvalue weighted by Gasteiger charge is -2.39. The highest BCUT2D eigenvalue weighted by Crippen LogP contribution is 2.42. The molecule has 0 aromatic carbocycles. The van der Waals surface area contributed by atoms with Gasteiger partial charge in [-0.15, -0.1) is 0 Å². The molecule has 2 rings (SSSR count). The summed E-state index contributed by atoms with van der Waals surface area (Å²) in [6, 6.07) is 0. The molecule has 10 heteroatoms. The molecule has 0 unspecified atom stereocenters. The average Bonchev–Trinajstić information content (AvgIpc) is 2.88. The van der Waals surface area contributed by atoms with Gasteiger partial charge in [0, 0.05) is 38.3 Å². The summed E-state index contributed by atoms with van der Waals surface area (Å²) in [6.07, 6.45) is 8.10. The second kappa shape index (κ2) is 21.0. The summed E-state index contributed by atoms with van der Waals surface area (Å²) in [5.41, 5.74) is 0. The van der Waals surface area contributed by atoms with E-state index in [1.165, 1.54) is 0 Å². The van der Waals surface area contributed by atoms with Crippen molar-refractivity contribution in [2.75, 3.05) is 80.8 Å². The van der Waals surface area contributed by atoms with Crippen LogP contribution in [-0.4, -0.2) is 114 Å². The molecule has 0 atom stereocenters. The standard InChI is InChI=1S/C32H62N2O6.2BrH/c1-9-37-31(38-10-2)23-33(5,6)21-29(35)27-17-13-25(14-18-27)26-15-19-28(20-16-26)30(36)22-34(7,8)24-32(39-11-3)40-12-4;;/h25-28,31-32H,9-24H2,1-8H3;2*1H/q+2;;/p-2. The second-order valence-corrected chi connectivity index (χ2v) is 13.4. The highest BCUT2D eigenvalue weighted by molar-refractivity contribution is 5.82. The quantitative estimate of drug-likeness (QED) is 0.122. The zero-order valence-electron chi connectivity index (χ0n) is 27.9. The molecule has 2 aliphatic carbocycles. The van der Waals surface area contributed by atoms with Gasteiger partial charge in [0.15, 0.2) is 11.6 Å². The zero-order valence-corrected chi connectivity index (χ0v) is 31.0. The largest absolute Gasteiger partial charge is 1.00 e. The van der Waals surface area contributed by atoms with Gasteiger partial charge in [0.1, 0.15) is 26.2 Å². The van der Waals surface area contributed by atoms with E-state index in [9.17, 15) is 9.59 Å². The Morgan fingerprint density at radius 3 is 1.05 bits per heavy atom. The third kappa shape index (κ3) is 14.9. The Hall–Kier alpha value is 0.0600. The molecular formula is C32H62Br2N2O6. The summed E-state index contributed by atoms with van der Waals surface area (Å²) >= 11 is 0. The smallest absolute Gasteiger partial charge is 0.207 e. The minimum atomic E-state index is -0.261. The molecule has 0 saturated heterocycles. The van der Waals surface area contributed by atoms with Gasteiger partial charge in [-0.3, -0.25) is 9.59 Å². The maximum absolute atomic E-state index is 13.2. The third-order valence-corrected chi connectivity index (χ3v) is 8.99. The van der Waals surface area contributed by atoms with Gasteiger partial charge in [-0.2, -0.15) is 0 Å². The van der Waals surface area contributed by atoms with Crippen molar-refractivity contribution in [3.8, 4) is 0 Å². The maximum atomic E-state index is 13.2. The second-order valence-electron chi connectivity index (χ2n) is 13.4. The van der Waals surface area contributed by atoms with Crippen LogP contribution in [0.4, 0.5) is 0 Å². The fourth-order valence-corrected chi connectivity index (χ4v) is 6.91. The number of rotatable bonds is 19. The van der Waals surface area contributed by atoms with Gasteiger partial charge < -0.3 is 61.9 Å². The normalized spacial score (nSPS) is 23.4. The molecule has 0 aromatic rings. The number of carbonyl (C=O) groups excluding carboxylic acids is 2. The lowest BCUT2D eigenvalue weighted by molar-refractivity contribution is -0.888. The first kappa shape index (κ1) is 42.1. The maximum Gasteiger partial charge on any atom is 0.207 e. The predicted molar refractivity (Wildman–Crippen MR) is 159 cm³/mol. The Morgan fingerprint density at radius 1 is 0.548 bits per heavy atom. The molecule has 0 amide bonds. The number of hydrogen-bond donors (Lipinski definition) is 0. The fourth-order valence-electron chi connectivity index (χ4n) is 6.91. The highest BCUT2D eigenvalue weighted by Gasteiger charge is 2.37. The molecule has 250 valence electrons. The topological polar surface area (TPSA) is 71.1 Å². The van der Waals surface area contributed by atoms with Crippen molar-refractivity contribution in [1.82, 2.24) is 0 Å². The number of ether oxygens (including phenoxy) is 4. The highest BCUT2D eigenvalue weighted by atomic mass is 79.9. The zero-order chi connectivity index (χ0) is 29.8. The lowest BCUT2D eigenvalue weighted by Crippen LogP contribution is -3.00. The van der Waals surface area contributed by atoms with Crippen LogP contribution in [-0.2, 0) is 28.5 Å². The molecule has 8 nitrogen and oxygen atoms in total. The van der Waals surface area contributed by atoms with Crippen LogP contribution in [0.1, 0.15) is 79.1 Å². The van der Waals surface area contributed by atoms with Gasteiger partial charge >= 0.3 is 0 Å². The molecule has 0 aromatic heterocycles. The van der Waals surface area contributed by atoms with Crippen molar-refractivity contribution in [3.05, 3.63) is 0 Å². The SMILES string of the molecule is CCOC(C[N+](C)(C)CC(=O)C1CCC(C2CCC(C(=O)C[N+](C)(C)CC(OCC)OCC)CC2)CC1)OCC.[Br-].[Br-]. The summed E-state index contributed by atoms with van der Waals surface area (Å²) in [4.78, 5) is 26.4. The summed E-state index contributed by atoms with van der Waals surface area (Å²) in [6.45, 7) is 12.8. The van der Waals surface area contributed by atoms with E-state index in [2.05, 4.69) is 28.2 Å². The predicted octanol–water partition coefficient (Wildman–Crippen LogP) is -1.30. The number of Topliss-reactive ketones (excluding diaryl/α,β-unsaturated/α-hetero) is 2. The molecule has 42 heavy (non-hydrogen) atoms. The number of ketones is 2. The Kier molecular flexibility index (Phi) is 21.0. The van der Waals surface area contributed by atoms with Gasteiger partial charge in [-0.05, 0) is 90.9 Å². The van der Waals surface area contributed by atoms with E-state index in [0.29, 0.717) is 85.0 Å². The number of nitrogens with zero attached hydrogens (tertiary/aromatic N) is 2. The van der Waals surface area contributed by atoms with Crippen LogP contribution >= 0.6 is 0 Å². The molecule has 2 saturated carbocycles.